The van der Waals surface area contributed by atoms with Crippen molar-refractivity contribution >= 4 is 17.7 Å². The molecule has 1 atom stereocenters. The van der Waals surface area contributed by atoms with Crippen molar-refractivity contribution in [2.45, 2.75) is 32.2 Å². The highest BCUT2D eigenvalue weighted by Gasteiger charge is 2.24. The van der Waals surface area contributed by atoms with E-state index < -0.39 is 5.97 Å². The van der Waals surface area contributed by atoms with Gasteiger partial charge in [0.15, 0.2) is 0 Å². The molecule has 0 saturated carbocycles. The Morgan fingerprint density at radius 2 is 2.05 bits per heavy atom. The highest BCUT2D eigenvalue weighted by atomic mass is 16.5. The summed E-state index contributed by atoms with van der Waals surface area (Å²) in [7, 11) is 1.33. The summed E-state index contributed by atoms with van der Waals surface area (Å²) in [6, 6.07) is 6.94. The Bertz CT molecular complexity index is 502. The van der Waals surface area contributed by atoms with Crippen molar-refractivity contribution in [3.05, 3.63) is 29.8 Å². The van der Waals surface area contributed by atoms with Crippen molar-refractivity contribution in [2.24, 2.45) is 0 Å². The van der Waals surface area contributed by atoms with E-state index in [4.69, 9.17) is 4.74 Å². The summed E-state index contributed by atoms with van der Waals surface area (Å²) >= 11 is 0. The fraction of sp³-hybridized carbons (Fsp3) is 0.467. The van der Waals surface area contributed by atoms with Gasteiger partial charge in [-0.05, 0) is 38.3 Å². The van der Waals surface area contributed by atoms with Crippen LogP contribution in [0.25, 0.3) is 0 Å². The number of carbonyl (C=O) groups excluding carboxylic acids is 2. The number of likely N-dealkylation sites (tertiary alicyclic amines) is 1. The lowest BCUT2D eigenvalue weighted by Crippen LogP contribution is -2.44. The first-order valence-electron chi connectivity index (χ1n) is 6.88. The Kier molecular flexibility index (Phi) is 4.61. The number of hydrogen-bond donors (Lipinski definition) is 1. The van der Waals surface area contributed by atoms with Crippen LogP contribution in [0.15, 0.2) is 24.3 Å². The van der Waals surface area contributed by atoms with Gasteiger partial charge in [0, 0.05) is 12.6 Å². The number of rotatable bonds is 2. The smallest absolute Gasteiger partial charge is 0.339 e. The number of esters is 1. The van der Waals surface area contributed by atoms with E-state index in [1.807, 2.05) is 11.8 Å². The molecule has 1 N–H and O–H groups in total. The number of carbonyl (C=O) groups is 2. The van der Waals surface area contributed by atoms with Gasteiger partial charge >= 0.3 is 12.0 Å². The minimum Gasteiger partial charge on any atom is -0.465 e. The van der Waals surface area contributed by atoms with Crippen molar-refractivity contribution in [3.8, 4) is 0 Å². The zero-order valence-electron chi connectivity index (χ0n) is 11.9. The van der Waals surface area contributed by atoms with E-state index in [2.05, 4.69) is 5.32 Å². The number of anilines is 1. The number of hydrogen-bond acceptors (Lipinski definition) is 3. The topological polar surface area (TPSA) is 58.6 Å². The van der Waals surface area contributed by atoms with E-state index in [9.17, 15) is 9.59 Å². The molecular formula is C15H20N2O3. The number of benzene rings is 1. The molecule has 108 valence electrons. The Morgan fingerprint density at radius 1 is 1.30 bits per heavy atom. The molecule has 1 unspecified atom stereocenters. The summed E-state index contributed by atoms with van der Waals surface area (Å²) in [5, 5.41) is 2.81. The van der Waals surface area contributed by atoms with E-state index in [0.717, 1.165) is 25.8 Å². The summed E-state index contributed by atoms with van der Waals surface area (Å²) in [4.78, 5) is 25.8. The summed E-state index contributed by atoms with van der Waals surface area (Å²) in [5.41, 5.74) is 0.857. The van der Waals surface area contributed by atoms with Crippen molar-refractivity contribution in [1.82, 2.24) is 4.90 Å². The first-order chi connectivity index (χ1) is 9.63. The molecule has 1 aromatic carbocycles. The lowest BCUT2D eigenvalue weighted by molar-refractivity contribution is 0.0602. The lowest BCUT2D eigenvalue weighted by atomic mass is 10.0. The molecule has 1 aliphatic heterocycles. The maximum absolute atomic E-state index is 12.3. The van der Waals surface area contributed by atoms with Gasteiger partial charge in [0.25, 0.3) is 0 Å². The number of methoxy groups -OCH3 is 1. The maximum Gasteiger partial charge on any atom is 0.339 e. The number of para-hydroxylation sites is 1. The summed E-state index contributed by atoms with van der Waals surface area (Å²) in [6.45, 7) is 2.80. The molecule has 1 aromatic rings. The molecule has 1 heterocycles. The van der Waals surface area contributed by atoms with E-state index in [0.29, 0.717) is 11.3 Å². The van der Waals surface area contributed by atoms with Crippen LogP contribution in [-0.4, -0.2) is 36.6 Å². The molecule has 0 bridgehead atoms. The lowest BCUT2D eigenvalue weighted by Gasteiger charge is -2.33. The Balaban J connectivity index is 2.13. The van der Waals surface area contributed by atoms with E-state index >= 15 is 0 Å². The second-order valence-electron chi connectivity index (χ2n) is 5.01. The number of nitrogens with zero attached hydrogens (tertiary/aromatic N) is 1. The van der Waals surface area contributed by atoms with Crippen molar-refractivity contribution in [2.75, 3.05) is 19.0 Å². The fourth-order valence-corrected chi connectivity index (χ4v) is 2.47. The predicted molar refractivity (Wildman–Crippen MR) is 76.8 cm³/mol. The van der Waals surface area contributed by atoms with Crippen LogP contribution in [0.2, 0.25) is 0 Å². The van der Waals surface area contributed by atoms with Crippen LogP contribution < -0.4 is 5.32 Å². The van der Waals surface area contributed by atoms with Gasteiger partial charge in [0.05, 0.1) is 18.4 Å². The Labute approximate surface area is 118 Å². The van der Waals surface area contributed by atoms with Crippen LogP contribution in [0.1, 0.15) is 36.5 Å². The van der Waals surface area contributed by atoms with Gasteiger partial charge < -0.3 is 15.0 Å². The van der Waals surface area contributed by atoms with Crippen LogP contribution in [-0.2, 0) is 4.74 Å². The van der Waals surface area contributed by atoms with Gasteiger partial charge in [0.1, 0.15) is 0 Å². The molecular weight excluding hydrogens is 256 g/mol. The first kappa shape index (κ1) is 14.4. The second kappa shape index (κ2) is 6.41. The molecule has 0 radical (unpaired) electrons. The quantitative estimate of drug-likeness (QED) is 0.845. The van der Waals surface area contributed by atoms with Crippen molar-refractivity contribution in [3.63, 3.8) is 0 Å². The molecule has 0 aromatic heterocycles. The van der Waals surface area contributed by atoms with E-state index in [1.165, 1.54) is 7.11 Å². The minimum atomic E-state index is -0.451. The SMILES string of the molecule is COC(=O)c1ccccc1NC(=O)N1CCCCC1C. The normalized spacial score (nSPS) is 18.5. The highest BCUT2D eigenvalue weighted by molar-refractivity contribution is 6.00. The molecule has 5 nitrogen and oxygen atoms in total. The third-order valence-electron chi connectivity index (χ3n) is 3.64. The predicted octanol–water partition coefficient (Wildman–Crippen LogP) is 2.88. The van der Waals surface area contributed by atoms with Gasteiger partial charge in [-0.1, -0.05) is 12.1 Å². The van der Waals surface area contributed by atoms with Gasteiger partial charge in [-0.25, -0.2) is 9.59 Å². The summed E-state index contributed by atoms with van der Waals surface area (Å²) < 4.78 is 4.72. The van der Waals surface area contributed by atoms with Gasteiger partial charge in [-0.15, -0.1) is 0 Å². The fourth-order valence-electron chi connectivity index (χ4n) is 2.47. The zero-order valence-corrected chi connectivity index (χ0v) is 11.9. The Morgan fingerprint density at radius 3 is 2.75 bits per heavy atom. The molecule has 1 saturated heterocycles. The van der Waals surface area contributed by atoms with Crippen LogP contribution in [0.3, 0.4) is 0 Å². The molecule has 2 amide bonds. The average Bonchev–Trinajstić information content (AvgIpc) is 2.47. The molecule has 1 aliphatic rings. The molecule has 5 heteroatoms. The third-order valence-corrected chi connectivity index (χ3v) is 3.64. The standard InChI is InChI=1S/C15H20N2O3/c1-11-7-5-6-10-17(11)15(19)16-13-9-4-3-8-12(13)14(18)20-2/h3-4,8-9,11H,5-7,10H2,1-2H3,(H,16,19). The van der Waals surface area contributed by atoms with Crippen LogP contribution >= 0.6 is 0 Å². The maximum atomic E-state index is 12.3. The number of ether oxygens (including phenoxy) is 1. The Hall–Kier alpha value is -2.04. The third kappa shape index (κ3) is 3.10. The molecule has 1 fully saturated rings. The van der Waals surface area contributed by atoms with Crippen LogP contribution in [0.5, 0.6) is 0 Å². The highest BCUT2D eigenvalue weighted by Crippen LogP contribution is 2.20. The first-order valence-corrected chi connectivity index (χ1v) is 6.88. The van der Waals surface area contributed by atoms with Gasteiger partial charge in [-0.2, -0.15) is 0 Å². The average molecular weight is 276 g/mol. The minimum absolute atomic E-state index is 0.159. The molecule has 0 aliphatic carbocycles. The molecule has 20 heavy (non-hydrogen) atoms. The van der Waals surface area contributed by atoms with Gasteiger partial charge in [0.2, 0.25) is 0 Å². The molecule has 0 spiro atoms. The van der Waals surface area contributed by atoms with Gasteiger partial charge in [-0.3, -0.25) is 0 Å². The van der Waals surface area contributed by atoms with Crippen molar-refractivity contribution < 1.29 is 14.3 Å². The van der Waals surface area contributed by atoms with Crippen LogP contribution in [0, 0.1) is 0 Å². The van der Waals surface area contributed by atoms with Crippen LogP contribution in [0.4, 0.5) is 10.5 Å². The number of urea groups is 1. The zero-order chi connectivity index (χ0) is 14.5. The monoisotopic (exact) mass is 276 g/mol. The van der Waals surface area contributed by atoms with E-state index in [-0.39, 0.29) is 12.1 Å². The largest absolute Gasteiger partial charge is 0.465 e. The number of nitrogens with one attached hydrogen (secondary N) is 1. The summed E-state index contributed by atoms with van der Waals surface area (Å²) in [6.07, 6.45) is 3.20. The summed E-state index contributed by atoms with van der Waals surface area (Å²) in [5.74, 6) is -0.451. The molecule has 2 rings (SSSR count). The van der Waals surface area contributed by atoms with E-state index in [1.54, 1.807) is 24.3 Å². The number of amides is 2. The second-order valence-corrected chi connectivity index (χ2v) is 5.01. The number of piperidine rings is 1. The van der Waals surface area contributed by atoms with Crippen molar-refractivity contribution in [1.29, 1.82) is 0 Å².